The first-order valence-corrected chi connectivity index (χ1v) is 8.85. The van der Waals surface area contributed by atoms with Gasteiger partial charge in [-0.15, -0.1) is 0 Å². The van der Waals surface area contributed by atoms with E-state index < -0.39 is 0 Å². The quantitative estimate of drug-likeness (QED) is 0.722. The van der Waals surface area contributed by atoms with Crippen LogP contribution in [0.4, 0.5) is 11.4 Å². The molecule has 0 saturated carbocycles. The van der Waals surface area contributed by atoms with Crippen LogP contribution in [-0.2, 0) is 9.59 Å². The first-order valence-electron chi connectivity index (χ1n) is 8.06. The van der Waals surface area contributed by atoms with Crippen LogP contribution in [-0.4, -0.2) is 44.0 Å². The van der Waals surface area contributed by atoms with Crippen LogP contribution in [0.3, 0.4) is 0 Å². The van der Waals surface area contributed by atoms with E-state index in [4.69, 9.17) is 4.74 Å². The van der Waals surface area contributed by atoms with Crippen LogP contribution in [0.2, 0.25) is 0 Å². The molecule has 7 heteroatoms. The molecule has 2 N–H and O–H groups in total. The maximum Gasteiger partial charge on any atom is 0.238 e. The van der Waals surface area contributed by atoms with Crippen molar-refractivity contribution in [3.63, 3.8) is 0 Å². The number of benzene rings is 2. The fraction of sp³-hybridized carbons (Fsp3) is 0.263. The van der Waals surface area contributed by atoms with Gasteiger partial charge >= 0.3 is 0 Å². The molecule has 0 atom stereocenters. The SMILES string of the molecule is COc1cccc(NC(=O)CN(C)CC(=O)Nc2ccc(Br)cc2C)c1. The predicted octanol–water partition coefficient (Wildman–Crippen LogP) is 3.28. The Balaban J connectivity index is 1.84. The molecule has 0 aliphatic heterocycles. The van der Waals surface area contributed by atoms with Gasteiger partial charge in [-0.25, -0.2) is 0 Å². The van der Waals surface area contributed by atoms with Crippen LogP contribution in [0, 0.1) is 6.92 Å². The van der Waals surface area contributed by atoms with Gasteiger partial charge in [0.1, 0.15) is 5.75 Å². The molecule has 6 nitrogen and oxygen atoms in total. The fourth-order valence-corrected chi connectivity index (χ4v) is 2.88. The van der Waals surface area contributed by atoms with E-state index in [1.165, 1.54) is 0 Å². The van der Waals surface area contributed by atoms with Crippen molar-refractivity contribution in [1.29, 1.82) is 0 Å². The molecule has 0 unspecified atom stereocenters. The maximum atomic E-state index is 12.2. The summed E-state index contributed by atoms with van der Waals surface area (Å²) in [6.07, 6.45) is 0. The Bertz CT molecular complexity index is 795. The predicted molar refractivity (Wildman–Crippen MR) is 107 cm³/mol. The average Bonchev–Trinajstić information content (AvgIpc) is 2.57. The number of ether oxygens (including phenoxy) is 1. The van der Waals surface area contributed by atoms with Crippen LogP contribution in [0.25, 0.3) is 0 Å². The van der Waals surface area contributed by atoms with Crippen molar-refractivity contribution in [3.8, 4) is 5.75 Å². The first-order chi connectivity index (χ1) is 12.4. The van der Waals surface area contributed by atoms with Crippen molar-refractivity contribution in [2.24, 2.45) is 0 Å². The summed E-state index contributed by atoms with van der Waals surface area (Å²) in [6.45, 7) is 2.14. The summed E-state index contributed by atoms with van der Waals surface area (Å²) in [5.74, 6) is 0.292. The molecular formula is C19H22BrN3O3. The lowest BCUT2D eigenvalue weighted by Gasteiger charge is -2.17. The fourth-order valence-electron chi connectivity index (χ4n) is 2.40. The number of nitrogens with one attached hydrogen (secondary N) is 2. The van der Waals surface area contributed by atoms with Crippen molar-refractivity contribution in [2.45, 2.75) is 6.92 Å². The zero-order valence-electron chi connectivity index (χ0n) is 15.0. The summed E-state index contributed by atoms with van der Waals surface area (Å²) in [7, 11) is 3.29. The number of hydrogen-bond acceptors (Lipinski definition) is 4. The van der Waals surface area contributed by atoms with Gasteiger partial charge in [0.05, 0.1) is 20.2 Å². The largest absolute Gasteiger partial charge is 0.497 e. The van der Waals surface area contributed by atoms with Crippen LogP contribution < -0.4 is 15.4 Å². The third kappa shape index (κ3) is 6.16. The summed E-state index contributed by atoms with van der Waals surface area (Å²) in [6, 6.07) is 12.8. The molecule has 0 radical (unpaired) electrons. The normalized spacial score (nSPS) is 10.5. The summed E-state index contributed by atoms with van der Waals surface area (Å²) < 4.78 is 6.08. The van der Waals surface area contributed by atoms with Gasteiger partial charge in [-0.1, -0.05) is 22.0 Å². The van der Waals surface area contributed by atoms with E-state index in [1.807, 2.05) is 25.1 Å². The minimum atomic E-state index is -0.201. The van der Waals surface area contributed by atoms with Gasteiger partial charge < -0.3 is 15.4 Å². The number of aryl methyl sites for hydroxylation is 1. The van der Waals surface area contributed by atoms with Crippen LogP contribution >= 0.6 is 15.9 Å². The zero-order valence-corrected chi connectivity index (χ0v) is 16.6. The highest BCUT2D eigenvalue weighted by molar-refractivity contribution is 9.10. The molecule has 2 amide bonds. The molecule has 2 aromatic rings. The van der Waals surface area contributed by atoms with Crippen molar-refractivity contribution in [1.82, 2.24) is 4.90 Å². The van der Waals surface area contributed by atoms with Gasteiger partial charge in [0.25, 0.3) is 0 Å². The second kappa shape index (κ2) is 9.35. The number of rotatable bonds is 7. The van der Waals surface area contributed by atoms with E-state index in [2.05, 4.69) is 26.6 Å². The van der Waals surface area contributed by atoms with Crippen molar-refractivity contribution in [2.75, 3.05) is 37.9 Å². The minimum Gasteiger partial charge on any atom is -0.497 e. The minimum absolute atomic E-state index is 0.101. The number of amides is 2. The molecule has 2 aromatic carbocycles. The third-order valence-electron chi connectivity index (χ3n) is 3.64. The lowest BCUT2D eigenvalue weighted by molar-refractivity contribution is -0.119. The number of hydrogen-bond donors (Lipinski definition) is 2. The summed E-state index contributed by atoms with van der Waals surface area (Å²) >= 11 is 3.39. The smallest absolute Gasteiger partial charge is 0.238 e. The van der Waals surface area contributed by atoms with Crippen LogP contribution in [0.1, 0.15) is 5.56 Å². The highest BCUT2D eigenvalue weighted by Gasteiger charge is 2.12. The van der Waals surface area contributed by atoms with E-state index in [1.54, 1.807) is 43.3 Å². The second-order valence-electron chi connectivity index (χ2n) is 5.96. The molecule has 0 heterocycles. The summed E-state index contributed by atoms with van der Waals surface area (Å²) in [5, 5.41) is 5.64. The van der Waals surface area contributed by atoms with Crippen LogP contribution in [0.15, 0.2) is 46.9 Å². The van der Waals surface area contributed by atoms with Gasteiger partial charge in [0.15, 0.2) is 0 Å². The summed E-state index contributed by atoms with van der Waals surface area (Å²) in [4.78, 5) is 25.9. The van der Waals surface area contributed by atoms with Crippen molar-refractivity contribution in [3.05, 3.63) is 52.5 Å². The molecule has 26 heavy (non-hydrogen) atoms. The van der Waals surface area contributed by atoms with E-state index in [9.17, 15) is 9.59 Å². The molecule has 138 valence electrons. The molecule has 2 rings (SSSR count). The molecule has 0 aliphatic rings. The molecule has 0 aliphatic carbocycles. The molecular weight excluding hydrogens is 398 g/mol. The van der Waals surface area contributed by atoms with E-state index in [-0.39, 0.29) is 24.9 Å². The van der Waals surface area contributed by atoms with Gasteiger partial charge in [0.2, 0.25) is 11.8 Å². The van der Waals surface area contributed by atoms with E-state index in [0.29, 0.717) is 11.4 Å². The number of anilines is 2. The van der Waals surface area contributed by atoms with Crippen molar-refractivity contribution < 1.29 is 14.3 Å². The standard InChI is InChI=1S/C19H22BrN3O3/c1-13-9-14(20)7-8-17(13)22-19(25)12-23(2)11-18(24)21-15-5-4-6-16(10-15)26-3/h4-10H,11-12H2,1-3H3,(H,21,24)(H,22,25). The van der Waals surface area contributed by atoms with Gasteiger partial charge in [-0.05, 0) is 49.9 Å². The lowest BCUT2D eigenvalue weighted by atomic mass is 10.2. The monoisotopic (exact) mass is 419 g/mol. The first kappa shape index (κ1) is 19.9. The Kier molecular flexibility index (Phi) is 7.17. The van der Waals surface area contributed by atoms with E-state index in [0.717, 1.165) is 15.7 Å². The Morgan fingerprint density at radius 2 is 1.77 bits per heavy atom. The number of nitrogens with zero attached hydrogens (tertiary/aromatic N) is 1. The summed E-state index contributed by atoms with van der Waals surface area (Å²) in [5.41, 5.74) is 2.37. The Hall–Kier alpha value is -2.38. The number of halogens is 1. The van der Waals surface area contributed by atoms with Crippen molar-refractivity contribution >= 4 is 39.1 Å². The lowest BCUT2D eigenvalue weighted by Crippen LogP contribution is -2.36. The third-order valence-corrected chi connectivity index (χ3v) is 4.14. The molecule has 0 fully saturated rings. The number of carbonyl (C=O) groups is 2. The second-order valence-corrected chi connectivity index (χ2v) is 6.88. The number of carbonyl (C=O) groups excluding carboxylic acids is 2. The molecule has 0 bridgehead atoms. The maximum absolute atomic E-state index is 12.2. The Morgan fingerprint density at radius 1 is 1.08 bits per heavy atom. The van der Waals surface area contributed by atoms with Crippen LogP contribution in [0.5, 0.6) is 5.75 Å². The molecule has 0 spiro atoms. The number of likely N-dealkylation sites (N-methyl/N-ethyl adjacent to an activating group) is 1. The Labute approximate surface area is 161 Å². The van der Waals surface area contributed by atoms with Gasteiger partial charge in [-0.3, -0.25) is 14.5 Å². The van der Waals surface area contributed by atoms with Gasteiger partial charge in [-0.2, -0.15) is 0 Å². The number of methoxy groups -OCH3 is 1. The zero-order chi connectivity index (χ0) is 19.1. The molecule has 0 aromatic heterocycles. The highest BCUT2D eigenvalue weighted by Crippen LogP contribution is 2.20. The van der Waals surface area contributed by atoms with Gasteiger partial charge in [0, 0.05) is 21.9 Å². The topological polar surface area (TPSA) is 70.7 Å². The Morgan fingerprint density at radius 3 is 2.42 bits per heavy atom. The molecule has 0 saturated heterocycles. The average molecular weight is 420 g/mol. The highest BCUT2D eigenvalue weighted by atomic mass is 79.9. The van der Waals surface area contributed by atoms with E-state index >= 15 is 0 Å².